The van der Waals surface area contributed by atoms with Crippen molar-refractivity contribution in [3.8, 4) is 0 Å². The van der Waals surface area contributed by atoms with Crippen molar-refractivity contribution in [3.63, 3.8) is 0 Å². The van der Waals surface area contributed by atoms with Crippen molar-refractivity contribution in [2.45, 2.75) is 121 Å². The molecule has 2 rings (SSSR count). The molecule has 2 fully saturated rings. The van der Waals surface area contributed by atoms with E-state index in [-0.39, 0.29) is 18.3 Å². The Morgan fingerprint density at radius 2 is 1.48 bits per heavy atom. The molecule has 0 radical (unpaired) electrons. The molecule has 0 aromatic rings. The summed E-state index contributed by atoms with van der Waals surface area (Å²) in [6, 6.07) is 0. The Hall–Kier alpha value is -0.240. The predicted molar refractivity (Wildman–Crippen MR) is 105 cm³/mol. The molecule has 3 N–H and O–H groups in total. The van der Waals surface area contributed by atoms with Crippen LogP contribution in [0.25, 0.3) is 0 Å². The summed E-state index contributed by atoms with van der Waals surface area (Å²) in [4.78, 5) is 0. The van der Waals surface area contributed by atoms with Gasteiger partial charge in [0.1, 0.15) is 18.3 Å². The van der Waals surface area contributed by atoms with Crippen LogP contribution < -0.4 is 5.73 Å². The topological polar surface area (TPSA) is 83.2 Å². The number of aliphatic hydroxyl groups excluding tert-OH is 1. The molecule has 0 aromatic heterocycles. The Labute approximate surface area is 165 Å². The molecule has 0 aromatic carbocycles. The molecule has 2 heterocycles. The van der Waals surface area contributed by atoms with Gasteiger partial charge in [0.2, 0.25) is 0 Å². The average molecular weight is 388 g/mol. The molecule has 160 valence electrons. The van der Waals surface area contributed by atoms with Crippen LogP contribution in [0, 0.1) is 0 Å². The van der Waals surface area contributed by atoms with E-state index in [2.05, 4.69) is 6.92 Å². The van der Waals surface area contributed by atoms with Crippen molar-refractivity contribution in [1.29, 1.82) is 0 Å². The van der Waals surface area contributed by atoms with Crippen molar-refractivity contribution in [2.75, 3.05) is 13.2 Å². The van der Waals surface area contributed by atoms with E-state index in [0.29, 0.717) is 13.2 Å². The van der Waals surface area contributed by atoms with Crippen LogP contribution >= 0.6 is 0 Å². The zero-order valence-corrected chi connectivity index (χ0v) is 17.5. The smallest absolute Gasteiger partial charge is 0.184 e. The van der Waals surface area contributed by atoms with E-state index < -0.39 is 18.2 Å². The Kier molecular flexibility index (Phi) is 9.97. The first kappa shape index (κ1) is 23.0. The summed E-state index contributed by atoms with van der Waals surface area (Å²) in [5.74, 6) is -0.714. The van der Waals surface area contributed by atoms with E-state index in [9.17, 15) is 5.11 Å². The first-order valence-corrected chi connectivity index (χ1v) is 11.0. The summed E-state index contributed by atoms with van der Waals surface area (Å²) in [6.07, 6.45) is 10.5. The summed E-state index contributed by atoms with van der Waals surface area (Å²) >= 11 is 0. The summed E-state index contributed by atoms with van der Waals surface area (Å²) < 4.78 is 23.2. The third-order valence-electron chi connectivity index (χ3n) is 5.49. The molecule has 6 heteroatoms. The largest absolute Gasteiger partial charge is 0.374 e. The van der Waals surface area contributed by atoms with Crippen LogP contribution in [-0.2, 0) is 18.9 Å². The second-order valence-corrected chi connectivity index (χ2v) is 8.38. The van der Waals surface area contributed by atoms with Crippen LogP contribution in [0.2, 0.25) is 0 Å². The van der Waals surface area contributed by atoms with E-state index in [0.717, 1.165) is 6.42 Å². The lowest BCUT2D eigenvalue weighted by Gasteiger charge is -2.27. The number of hydrogen-bond donors (Lipinski definition) is 2. The molecule has 0 spiro atoms. The fraction of sp³-hybridized carbons (Fsp3) is 1.00. The van der Waals surface area contributed by atoms with Gasteiger partial charge in [0.15, 0.2) is 12.1 Å². The summed E-state index contributed by atoms with van der Waals surface area (Å²) in [5, 5.41) is 10.1. The molecule has 2 aliphatic rings. The van der Waals surface area contributed by atoms with Gasteiger partial charge in [0.05, 0.1) is 6.10 Å². The van der Waals surface area contributed by atoms with E-state index >= 15 is 0 Å². The maximum Gasteiger partial charge on any atom is 0.184 e. The van der Waals surface area contributed by atoms with E-state index in [1.165, 1.54) is 57.8 Å². The van der Waals surface area contributed by atoms with E-state index in [4.69, 9.17) is 24.7 Å². The lowest BCUT2D eigenvalue weighted by atomic mass is 10.1. The molecule has 0 amide bonds. The lowest BCUT2D eigenvalue weighted by molar-refractivity contribution is -0.232. The van der Waals surface area contributed by atoms with Gasteiger partial charge >= 0.3 is 0 Å². The average Bonchev–Trinajstić information content (AvgIpc) is 3.10. The minimum atomic E-state index is -0.989. The van der Waals surface area contributed by atoms with Crippen molar-refractivity contribution >= 4 is 0 Å². The zero-order chi connectivity index (χ0) is 19.7. The number of unbranched alkanes of at least 4 members (excludes halogenated alkanes) is 9. The van der Waals surface area contributed by atoms with Crippen LogP contribution in [0.15, 0.2) is 0 Å². The Bertz CT molecular complexity index is 406. The van der Waals surface area contributed by atoms with Crippen molar-refractivity contribution in [2.24, 2.45) is 5.73 Å². The van der Waals surface area contributed by atoms with Gasteiger partial charge in [0, 0.05) is 13.2 Å². The molecule has 0 bridgehead atoms. The van der Waals surface area contributed by atoms with Gasteiger partial charge < -0.3 is 29.8 Å². The highest BCUT2D eigenvalue weighted by Gasteiger charge is 2.56. The zero-order valence-electron chi connectivity index (χ0n) is 17.5. The van der Waals surface area contributed by atoms with Gasteiger partial charge in [0.25, 0.3) is 0 Å². The van der Waals surface area contributed by atoms with Crippen molar-refractivity contribution in [3.05, 3.63) is 0 Å². The monoisotopic (exact) mass is 387 g/mol. The van der Waals surface area contributed by atoms with Gasteiger partial charge in [-0.05, 0) is 20.3 Å². The third kappa shape index (κ3) is 7.26. The minimum absolute atomic E-state index is 0.286. The number of hydrogen-bond acceptors (Lipinski definition) is 6. The molecule has 6 nitrogen and oxygen atoms in total. The second kappa shape index (κ2) is 11.7. The first-order valence-electron chi connectivity index (χ1n) is 11.0. The number of aliphatic hydroxyl groups is 1. The molecule has 5 atom stereocenters. The van der Waals surface area contributed by atoms with Gasteiger partial charge in [-0.1, -0.05) is 64.7 Å². The maximum atomic E-state index is 10.1. The first-order chi connectivity index (χ1) is 13.0. The highest BCUT2D eigenvalue weighted by atomic mass is 16.8. The molecule has 0 unspecified atom stereocenters. The second-order valence-electron chi connectivity index (χ2n) is 8.38. The van der Waals surface area contributed by atoms with E-state index in [1.54, 1.807) is 0 Å². The summed E-state index contributed by atoms with van der Waals surface area (Å²) in [7, 11) is 0. The van der Waals surface area contributed by atoms with Gasteiger partial charge in [-0.3, -0.25) is 0 Å². The SMILES string of the molecule is CCCCCCCCCCCCO[C@H](CN)[C@H]1O[C@H](O)[C@H]2OC(C)(C)O[C@H]21. The van der Waals surface area contributed by atoms with Crippen LogP contribution in [0.3, 0.4) is 0 Å². The van der Waals surface area contributed by atoms with E-state index in [1.807, 2.05) is 13.8 Å². The van der Waals surface area contributed by atoms with Crippen molar-refractivity contribution in [1.82, 2.24) is 0 Å². The molecule has 0 saturated carbocycles. The molecule has 27 heavy (non-hydrogen) atoms. The highest BCUT2D eigenvalue weighted by Crippen LogP contribution is 2.39. The van der Waals surface area contributed by atoms with Crippen LogP contribution in [-0.4, -0.2) is 54.8 Å². The third-order valence-corrected chi connectivity index (χ3v) is 5.49. The normalized spacial score (nSPS) is 30.6. The Balaban J connectivity index is 1.57. The molecular weight excluding hydrogens is 346 g/mol. The predicted octanol–water partition coefficient (Wildman–Crippen LogP) is 3.49. The molecule has 2 saturated heterocycles. The number of ether oxygens (including phenoxy) is 4. The number of rotatable bonds is 14. The standard InChI is InChI=1S/C21H41NO5/c1-4-5-6-7-8-9-10-11-12-13-14-24-16(15-22)17-18-19(20(23)25-17)27-21(2,3)26-18/h16-20,23H,4-15,22H2,1-3H3/t16-,17-,18+,19+,20+/m1/s1. The molecule has 2 aliphatic heterocycles. The van der Waals surface area contributed by atoms with Gasteiger partial charge in [-0.15, -0.1) is 0 Å². The minimum Gasteiger partial charge on any atom is -0.374 e. The fourth-order valence-electron chi connectivity index (χ4n) is 4.03. The quantitative estimate of drug-likeness (QED) is 0.444. The van der Waals surface area contributed by atoms with Gasteiger partial charge in [-0.25, -0.2) is 0 Å². The lowest BCUT2D eigenvalue weighted by Crippen LogP contribution is -2.44. The summed E-state index contributed by atoms with van der Waals surface area (Å²) in [5.41, 5.74) is 5.90. The van der Waals surface area contributed by atoms with Crippen LogP contribution in [0.1, 0.15) is 85.0 Å². The maximum absolute atomic E-state index is 10.1. The van der Waals surface area contributed by atoms with Crippen molar-refractivity contribution < 1.29 is 24.1 Å². The Morgan fingerprint density at radius 1 is 0.926 bits per heavy atom. The highest BCUT2D eigenvalue weighted by molar-refractivity contribution is 4.98. The van der Waals surface area contributed by atoms with Crippen LogP contribution in [0.5, 0.6) is 0 Å². The molecular formula is C21H41NO5. The Morgan fingerprint density at radius 3 is 2.07 bits per heavy atom. The summed E-state index contributed by atoms with van der Waals surface area (Å²) in [6.45, 7) is 6.94. The number of nitrogens with two attached hydrogens (primary N) is 1. The van der Waals surface area contributed by atoms with Gasteiger partial charge in [-0.2, -0.15) is 0 Å². The fourth-order valence-corrected chi connectivity index (χ4v) is 4.03. The molecule has 0 aliphatic carbocycles. The number of fused-ring (bicyclic) bond motifs is 1. The van der Waals surface area contributed by atoms with Crippen LogP contribution in [0.4, 0.5) is 0 Å².